The van der Waals surface area contributed by atoms with Gasteiger partial charge < -0.3 is 10.1 Å². The van der Waals surface area contributed by atoms with Crippen LogP contribution in [0.5, 0.6) is 0 Å². The van der Waals surface area contributed by atoms with E-state index in [2.05, 4.69) is 15.3 Å². The normalized spacial score (nSPS) is 10.9. The van der Waals surface area contributed by atoms with Gasteiger partial charge in [0.2, 0.25) is 5.91 Å². The number of thioether (sulfide) groups is 1. The van der Waals surface area contributed by atoms with Crippen molar-refractivity contribution in [3.05, 3.63) is 83.3 Å². The van der Waals surface area contributed by atoms with E-state index in [0.29, 0.717) is 35.0 Å². The lowest BCUT2D eigenvalue weighted by Gasteiger charge is -2.12. The minimum Gasteiger partial charge on any atom is -0.383 e. The van der Waals surface area contributed by atoms with E-state index >= 15 is 0 Å². The molecular formula is C24H22N4O3S. The van der Waals surface area contributed by atoms with Gasteiger partial charge in [-0.1, -0.05) is 54.2 Å². The number of pyridine rings is 1. The minimum absolute atomic E-state index is 0.109. The van der Waals surface area contributed by atoms with Crippen LogP contribution in [0.1, 0.15) is 0 Å². The van der Waals surface area contributed by atoms with Gasteiger partial charge in [-0.15, -0.1) is 0 Å². The van der Waals surface area contributed by atoms with E-state index in [1.807, 2.05) is 54.6 Å². The first kappa shape index (κ1) is 21.7. The highest BCUT2D eigenvalue weighted by Gasteiger charge is 2.14. The van der Waals surface area contributed by atoms with Crippen molar-refractivity contribution in [2.75, 3.05) is 24.8 Å². The number of nitrogens with one attached hydrogen (secondary N) is 1. The number of nitrogens with zero attached hydrogens (tertiary/aromatic N) is 3. The molecule has 4 aromatic rings. The number of rotatable bonds is 8. The summed E-state index contributed by atoms with van der Waals surface area (Å²) in [6, 6.07) is 21.1. The van der Waals surface area contributed by atoms with Crippen LogP contribution in [-0.2, 0) is 16.1 Å². The largest absolute Gasteiger partial charge is 0.383 e. The van der Waals surface area contributed by atoms with Crippen molar-refractivity contribution in [3.8, 4) is 11.1 Å². The first-order chi connectivity index (χ1) is 15.7. The van der Waals surface area contributed by atoms with Crippen molar-refractivity contribution in [1.82, 2.24) is 14.5 Å². The average molecular weight is 447 g/mol. The lowest BCUT2D eigenvalue weighted by Crippen LogP contribution is -2.26. The van der Waals surface area contributed by atoms with Crippen LogP contribution in [0.15, 0.2) is 82.9 Å². The van der Waals surface area contributed by atoms with Gasteiger partial charge in [-0.2, -0.15) is 0 Å². The molecular weight excluding hydrogens is 424 g/mol. The van der Waals surface area contributed by atoms with Gasteiger partial charge in [0.15, 0.2) is 10.8 Å². The molecule has 1 N–H and O–H groups in total. The number of fused-ring (bicyclic) bond motifs is 1. The maximum Gasteiger partial charge on any atom is 0.263 e. The SMILES string of the molecule is COCCn1c(SCC(=O)Nc2ccc(-c3ccccc3)cc2)nc2ncccc2c1=O. The molecule has 0 saturated heterocycles. The zero-order chi connectivity index (χ0) is 22.3. The second-order valence-corrected chi connectivity index (χ2v) is 7.94. The smallest absolute Gasteiger partial charge is 0.263 e. The molecule has 0 unspecified atom stereocenters. The summed E-state index contributed by atoms with van der Waals surface area (Å²) in [4.78, 5) is 34.1. The van der Waals surface area contributed by atoms with E-state index in [0.717, 1.165) is 11.1 Å². The molecule has 0 bridgehead atoms. The molecule has 0 saturated carbocycles. The van der Waals surface area contributed by atoms with E-state index in [4.69, 9.17) is 4.74 Å². The zero-order valence-electron chi connectivity index (χ0n) is 17.5. The summed E-state index contributed by atoms with van der Waals surface area (Å²) < 4.78 is 6.65. The predicted molar refractivity (Wildman–Crippen MR) is 127 cm³/mol. The maximum absolute atomic E-state index is 12.9. The molecule has 0 fully saturated rings. The number of amides is 1. The standard InChI is InChI=1S/C24H22N4O3S/c1-31-15-14-28-23(30)20-8-5-13-25-22(20)27-24(28)32-16-21(29)26-19-11-9-18(10-12-19)17-6-3-2-4-7-17/h2-13H,14-16H2,1H3,(H,26,29). The van der Waals surface area contributed by atoms with Crippen molar-refractivity contribution in [2.45, 2.75) is 11.7 Å². The number of hydrogen-bond donors (Lipinski definition) is 1. The van der Waals surface area contributed by atoms with Crippen LogP contribution >= 0.6 is 11.8 Å². The van der Waals surface area contributed by atoms with Crippen LogP contribution in [0.25, 0.3) is 22.2 Å². The second-order valence-electron chi connectivity index (χ2n) is 7.00. The fourth-order valence-electron chi connectivity index (χ4n) is 3.23. The minimum atomic E-state index is -0.195. The molecule has 0 aliphatic heterocycles. The fourth-order valence-corrected chi connectivity index (χ4v) is 4.04. The monoisotopic (exact) mass is 446 g/mol. The highest BCUT2D eigenvalue weighted by molar-refractivity contribution is 7.99. The molecule has 4 rings (SSSR count). The van der Waals surface area contributed by atoms with Crippen molar-refractivity contribution < 1.29 is 9.53 Å². The van der Waals surface area contributed by atoms with Crippen LogP contribution < -0.4 is 10.9 Å². The van der Waals surface area contributed by atoms with E-state index in [1.165, 1.54) is 16.3 Å². The molecule has 2 heterocycles. The highest BCUT2D eigenvalue weighted by atomic mass is 32.2. The third kappa shape index (κ3) is 5.04. The van der Waals surface area contributed by atoms with Crippen LogP contribution in [0, 0.1) is 0 Å². The Morgan fingerprint density at radius 1 is 1.03 bits per heavy atom. The van der Waals surface area contributed by atoms with Crippen molar-refractivity contribution in [3.63, 3.8) is 0 Å². The topological polar surface area (TPSA) is 86.1 Å². The number of ether oxygens (including phenoxy) is 1. The summed E-state index contributed by atoms with van der Waals surface area (Å²) in [5.74, 6) is -0.0748. The van der Waals surface area contributed by atoms with Gasteiger partial charge in [-0.05, 0) is 35.4 Å². The lowest BCUT2D eigenvalue weighted by atomic mass is 10.1. The summed E-state index contributed by atoms with van der Waals surface area (Å²) in [6.07, 6.45) is 1.59. The summed E-state index contributed by atoms with van der Waals surface area (Å²) in [7, 11) is 1.57. The van der Waals surface area contributed by atoms with Gasteiger partial charge in [-0.25, -0.2) is 9.97 Å². The molecule has 8 heteroatoms. The Kier molecular flexibility index (Phi) is 6.94. The molecule has 0 spiro atoms. The van der Waals surface area contributed by atoms with Crippen LogP contribution in [0.2, 0.25) is 0 Å². The summed E-state index contributed by atoms with van der Waals surface area (Å²) in [6.45, 7) is 0.707. The molecule has 2 aromatic carbocycles. The highest BCUT2D eigenvalue weighted by Crippen LogP contribution is 2.22. The molecule has 7 nitrogen and oxygen atoms in total. The van der Waals surface area contributed by atoms with Gasteiger partial charge >= 0.3 is 0 Å². The number of anilines is 1. The van der Waals surface area contributed by atoms with Gasteiger partial charge in [0.1, 0.15) is 0 Å². The van der Waals surface area contributed by atoms with Crippen molar-refractivity contribution in [2.24, 2.45) is 0 Å². The summed E-state index contributed by atoms with van der Waals surface area (Å²) in [5, 5.41) is 3.77. The van der Waals surface area contributed by atoms with Gasteiger partial charge in [0, 0.05) is 19.0 Å². The number of benzene rings is 2. The third-order valence-corrected chi connectivity index (χ3v) is 5.80. The van der Waals surface area contributed by atoms with Crippen LogP contribution in [0.3, 0.4) is 0 Å². The number of aromatic nitrogens is 3. The van der Waals surface area contributed by atoms with Crippen LogP contribution in [0.4, 0.5) is 5.69 Å². The quantitative estimate of drug-likeness (QED) is 0.327. The molecule has 0 radical (unpaired) electrons. The van der Waals surface area contributed by atoms with Gasteiger partial charge in [0.25, 0.3) is 5.56 Å². The van der Waals surface area contributed by atoms with Gasteiger partial charge in [-0.3, -0.25) is 14.2 Å². The van der Waals surface area contributed by atoms with E-state index in [9.17, 15) is 9.59 Å². The summed E-state index contributed by atoms with van der Waals surface area (Å²) >= 11 is 1.20. The van der Waals surface area contributed by atoms with E-state index < -0.39 is 0 Å². The van der Waals surface area contributed by atoms with E-state index in [1.54, 1.807) is 25.4 Å². The molecule has 2 aromatic heterocycles. The Labute approximate surface area is 189 Å². The maximum atomic E-state index is 12.9. The number of hydrogen-bond acceptors (Lipinski definition) is 6. The molecule has 32 heavy (non-hydrogen) atoms. The Hall–Kier alpha value is -3.49. The number of carbonyl (C=O) groups is 1. The van der Waals surface area contributed by atoms with Crippen LogP contribution in [-0.4, -0.2) is 39.9 Å². The first-order valence-electron chi connectivity index (χ1n) is 10.1. The second kappa shape index (κ2) is 10.2. The van der Waals surface area contributed by atoms with Gasteiger partial charge in [0.05, 0.1) is 24.3 Å². The van der Waals surface area contributed by atoms with E-state index in [-0.39, 0.29) is 17.2 Å². The first-order valence-corrected chi connectivity index (χ1v) is 11.1. The number of carbonyl (C=O) groups excluding carboxylic acids is 1. The summed E-state index contributed by atoms with van der Waals surface area (Å²) in [5.41, 5.74) is 3.07. The fraction of sp³-hybridized carbons (Fsp3) is 0.167. The molecule has 162 valence electrons. The predicted octanol–water partition coefficient (Wildman–Crippen LogP) is 3.84. The lowest BCUT2D eigenvalue weighted by molar-refractivity contribution is -0.113. The molecule has 0 aliphatic rings. The van der Waals surface area contributed by atoms with Crippen molar-refractivity contribution >= 4 is 34.4 Å². The van der Waals surface area contributed by atoms with Crippen molar-refractivity contribution in [1.29, 1.82) is 0 Å². The Morgan fingerprint density at radius 3 is 2.53 bits per heavy atom. The molecule has 1 amide bonds. The zero-order valence-corrected chi connectivity index (χ0v) is 18.3. The average Bonchev–Trinajstić information content (AvgIpc) is 2.83. The Bertz CT molecular complexity index is 1270. The molecule has 0 atom stereocenters. The number of methoxy groups -OCH3 is 1. The molecule has 0 aliphatic carbocycles. The Balaban J connectivity index is 1.46. The third-order valence-electron chi connectivity index (χ3n) is 4.82. The Morgan fingerprint density at radius 2 is 1.78 bits per heavy atom.